The molecule has 1 saturated heterocycles. The number of likely N-dealkylation sites (tertiary alicyclic amines) is 1. The predicted molar refractivity (Wildman–Crippen MR) is 87.6 cm³/mol. The van der Waals surface area contributed by atoms with Crippen molar-refractivity contribution in [1.82, 2.24) is 9.88 Å². The molecule has 0 saturated carbocycles. The maximum atomic E-state index is 11.4. The molecule has 0 bridgehead atoms. The van der Waals surface area contributed by atoms with Crippen molar-refractivity contribution in [2.75, 3.05) is 18.8 Å². The van der Waals surface area contributed by atoms with Gasteiger partial charge in [-0.05, 0) is 43.6 Å². The highest BCUT2D eigenvalue weighted by Crippen LogP contribution is 2.18. The molecule has 0 spiro atoms. The third kappa shape index (κ3) is 4.85. The average molecular weight is 302 g/mol. The Morgan fingerprint density at radius 3 is 2.73 bits per heavy atom. The van der Waals surface area contributed by atoms with Gasteiger partial charge in [-0.1, -0.05) is 6.42 Å². The molecule has 1 amide bonds. The highest BCUT2D eigenvalue weighted by Gasteiger charge is 2.12. The molecule has 1 aliphatic heterocycles. The van der Waals surface area contributed by atoms with Gasteiger partial charge in [-0.25, -0.2) is 4.98 Å². The first-order valence-corrected chi connectivity index (χ1v) is 7.33. The van der Waals surface area contributed by atoms with Crippen LogP contribution >= 0.6 is 0 Å². The molecule has 7 nitrogen and oxygen atoms in total. The number of pyridine rings is 1. The van der Waals surface area contributed by atoms with E-state index in [1.54, 1.807) is 12.3 Å². The van der Waals surface area contributed by atoms with Crippen LogP contribution in [0.4, 0.5) is 5.82 Å². The normalized spacial score (nSPS) is 15.8. The van der Waals surface area contributed by atoms with Crippen molar-refractivity contribution in [3.63, 3.8) is 0 Å². The Kier molecular flexibility index (Phi) is 5.48. The van der Waals surface area contributed by atoms with Gasteiger partial charge in [0.05, 0.1) is 0 Å². The number of aliphatic imine (C=N–C) groups is 1. The zero-order chi connectivity index (χ0) is 15.9. The molecule has 1 aliphatic rings. The standard InChI is InChI=1S/C15H22N6O/c16-14-12(10-21-6-2-1-3-7-21)8-11(9-19-14)4-5-13(22)20-15(17)18/h4-5,8-9H,1-3,6-7,10H2,(H2,16,19)(H4,17,18,20,22)/b5-4+. The molecule has 1 aromatic heterocycles. The minimum atomic E-state index is -0.505. The van der Waals surface area contributed by atoms with Gasteiger partial charge < -0.3 is 17.2 Å². The van der Waals surface area contributed by atoms with Crippen molar-refractivity contribution >= 4 is 23.8 Å². The van der Waals surface area contributed by atoms with Crippen LogP contribution in [0.15, 0.2) is 23.3 Å². The van der Waals surface area contributed by atoms with E-state index in [1.807, 2.05) is 6.07 Å². The first-order valence-electron chi connectivity index (χ1n) is 7.33. The minimum Gasteiger partial charge on any atom is -0.383 e. The van der Waals surface area contributed by atoms with Crippen molar-refractivity contribution in [1.29, 1.82) is 0 Å². The maximum Gasteiger partial charge on any atom is 0.272 e. The Bertz CT molecular complexity index is 586. The van der Waals surface area contributed by atoms with Crippen LogP contribution in [0, 0.1) is 0 Å². The summed E-state index contributed by atoms with van der Waals surface area (Å²) >= 11 is 0. The fourth-order valence-electron chi connectivity index (χ4n) is 2.45. The van der Waals surface area contributed by atoms with E-state index in [0.717, 1.165) is 30.8 Å². The second kappa shape index (κ2) is 7.56. The number of nitrogen functional groups attached to an aromatic ring is 1. The highest BCUT2D eigenvalue weighted by molar-refractivity contribution is 5.99. The van der Waals surface area contributed by atoms with Gasteiger partial charge in [-0.3, -0.25) is 9.69 Å². The Balaban J connectivity index is 2.07. The molecule has 1 aromatic rings. The van der Waals surface area contributed by atoms with Crippen LogP contribution in [0.2, 0.25) is 0 Å². The summed E-state index contributed by atoms with van der Waals surface area (Å²) < 4.78 is 0. The van der Waals surface area contributed by atoms with Crippen molar-refractivity contribution < 1.29 is 4.79 Å². The van der Waals surface area contributed by atoms with Crippen LogP contribution in [-0.4, -0.2) is 34.8 Å². The van der Waals surface area contributed by atoms with E-state index in [-0.39, 0.29) is 5.96 Å². The quantitative estimate of drug-likeness (QED) is 0.422. The number of anilines is 1. The van der Waals surface area contributed by atoms with Crippen molar-refractivity contribution in [2.45, 2.75) is 25.8 Å². The van der Waals surface area contributed by atoms with E-state index in [9.17, 15) is 4.79 Å². The van der Waals surface area contributed by atoms with E-state index in [0.29, 0.717) is 5.82 Å². The summed E-state index contributed by atoms with van der Waals surface area (Å²) in [7, 11) is 0. The molecular weight excluding hydrogens is 280 g/mol. The summed E-state index contributed by atoms with van der Waals surface area (Å²) in [5, 5.41) is 0. The van der Waals surface area contributed by atoms with Crippen molar-refractivity contribution in [3.05, 3.63) is 29.5 Å². The number of carbonyl (C=O) groups is 1. The van der Waals surface area contributed by atoms with E-state index >= 15 is 0 Å². The molecule has 0 aliphatic carbocycles. The smallest absolute Gasteiger partial charge is 0.272 e. The fraction of sp³-hybridized carbons (Fsp3) is 0.400. The number of hydrogen-bond acceptors (Lipinski definition) is 4. The molecule has 2 rings (SSSR count). The second-order valence-electron chi connectivity index (χ2n) is 5.36. The lowest BCUT2D eigenvalue weighted by Crippen LogP contribution is -2.29. The highest BCUT2D eigenvalue weighted by atomic mass is 16.1. The number of aromatic nitrogens is 1. The SMILES string of the molecule is NC(N)=NC(=O)/C=C/c1cnc(N)c(CN2CCCCC2)c1. The summed E-state index contributed by atoms with van der Waals surface area (Å²) in [6, 6.07) is 1.94. The Morgan fingerprint density at radius 1 is 1.32 bits per heavy atom. The van der Waals surface area contributed by atoms with Crippen molar-refractivity contribution in [3.8, 4) is 0 Å². The number of piperidine rings is 1. The summed E-state index contributed by atoms with van der Waals surface area (Å²) in [5.74, 6) is -0.233. The molecule has 0 aromatic carbocycles. The molecule has 7 heteroatoms. The van der Waals surface area contributed by atoms with Gasteiger partial charge in [0.15, 0.2) is 5.96 Å². The summed E-state index contributed by atoms with van der Waals surface area (Å²) in [6.45, 7) is 2.95. The number of guanidine groups is 1. The van der Waals surface area contributed by atoms with Crippen LogP contribution < -0.4 is 17.2 Å². The Morgan fingerprint density at radius 2 is 2.05 bits per heavy atom. The molecule has 0 radical (unpaired) electrons. The molecule has 0 atom stereocenters. The molecule has 0 unspecified atom stereocenters. The topological polar surface area (TPSA) is 124 Å². The summed E-state index contributed by atoms with van der Waals surface area (Å²) in [6.07, 6.45) is 8.28. The van der Waals surface area contributed by atoms with Crippen LogP contribution in [0.1, 0.15) is 30.4 Å². The molecule has 2 heterocycles. The van der Waals surface area contributed by atoms with E-state index in [1.165, 1.54) is 25.3 Å². The van der Waals surface area contributed by atoms with E-state index in [2.05, 4.69) is 14.9 Å². The average Bonchev–Trinajstić information content (AvgIpc) is 2.48. The number of carbonyl (C=O) groups excluding carboxylic acids is 1. The lowest BCUT2D eigenvalue weighted by Gasteiger charge is -2.26. The van der Waals surface area contributed by atoms with Gasteiger partial charge in [0.2, 0.25) is 0 Å². The first kappa shape index (κ1) is 16.0. The largest absolute Gasteiger partial charge is 0.383 e. The van der Waals surface area contributed by atoms with Crippen LogP contribution in [-0.2, 0) is 11.3 Å². The summed E-state index contributed by atoms with van der Waals surface area (Å²) in [4.78, 5) is 21.4. The number of hydrogen-bond donors (Lipinski definition) is 3. The van der Waals surface area contributed by atoms with Gasteiger partial charge in [0.25, 0.3) is 5.91 Å². The second-order valence-corrected chi connectivity index (χ2v) is 5.36. The molecule has 118 valence electrons. The zero-order valence-corrected chi connectivity index (χ0v) is 12.5. The van der Waals surface area contributed by atoms with E-state index < -0.39 is 5.91 Å². The fourth-order valence-corrected chi connectivity index (χ4v) is 2.45. The number of nitrogens with zero attached hydrogens (tertiary/aromatic N) is 3. The predicted octanol–water partition coefficient (Wildman–Crippen LogP) is 0.463. The van der Waals surface area contributed by atoms with Crippen LogP contribution in [0.3, 0.4) is 0 Å². The van der Waals surface area contributed by atoms with Crippen LogP contribution in [0.5, 0.6) is 0 Å². The number of rotatable bonds is 4. The zero-order valence-electron chi connectivity index (χ0n) is 12.5. The van der Waals surface area contributed by atoms with Gasteiger partial charge in [-0.15, -0.1) is 0 Å². The number of amides is 1. The molecule has 22 heavy (non-hydrogen) atoms. The van der Waals surface area contributed by atoms with E-state index in [4.69, 9.17) is 17.2 Å². The van der Waals surface area contributed by atoms with Gasteiger partial charge in [0, 0.05) is 24.4 Å². The first-order chi connectivity index (χ1) is 10.5. The number of nitrogens with two attached hydrogens (primary N) is 3. The van der Waals surface area contributed by atoms with Gasteiger partial charge >= 0.3 is 0 Å². The van der Waals surface area contributed by atoms with Crippen LogP contribution in [0.25, 0.3) is 6.08 Å². The molecule has 1 fully saturated rings. The molecule has 6 N–H and O–H groups in total. The third-order valence-electron chi connectivity index (χ3n) is 3.52. The molecular formula is C15H22N6O. The maximum absolute atomic E-state index is 11.4. The van der Waals surface area contributed by atoms with Gasteiger partial charge in [0.1, 0.15) is 5.82 Å². The van der Waals surface area contributed by atoms with Gasteiger partial charge in [-0.2, -0.15) is 4.99 Å². The Hall–Kier alpha value is -2.41. The lowest BCUT2D eigenvalue weighted by molar-refractivity contribution is -0.113. The third-order valence-corrected chi connectivity index (χ3v) is 3.52. The minimum absolute atomic E-state index is 0.254. The lowest BCUT2D eigenvalue weighted by atomic mass is 10.1. The monoisotopic (exact) mass is 302 g/mol. The summed E-state index contributed by atoms with van der Waals surface area (Å²) in [5.41, 5.74) is 18.0. The van der Waals surface area contributed by atoms with Crippen molar-refractivity contribution in [2.24, 2.45) is 16.5 Å². The Labute approximate surface area is 129 Å².